The number of carbonyl (C=O) groups is 2. The van der Waals surface area contributed by atoms with Crippen LogP contribution in [0.5, 0.6) is 5.75 Å². The van der Waals surface area contributed by atoms with E-state index in [1.54, 1.807) is 6.92 Å². The first-order valence-electron chi connectivity index (χ1n) is 6.66. The highest BCUT2D eigenvalue weighted by Crippen LogP contribution is 2.21. The van der Waals surface area contributed by atoms with E-state index < -0.39 is 5.91 Å². The molecule has 0 aliphatic carbocycles. The van der Waals surface area contributed by atoms with Gasteiger partial charge in [-0.3, -0.25) is 20.4 Å². The van der Waals surface area contributed by atoms with E-state index in [9.17, 15) is 14.7 Å². The highest BCUT2D eigenvalue weighted by molar-refractivity contribution is 8.00. The molecule has 0 saturated carbocycles. The third-order valence-corrected chi connectivity index (χ3v) is 4.21. The van der Waals surface area contributed by atoms with Crippen LogP contribution in [0.3, 0.4) is 0 Å². The second-order valence-electron chi connectivity index (χ2n) is 4.47. The number of phenols is 1. The number of rotatable bonds is 6. The Bertz CT molecular complexity index is 511. The van der Waals surface area contributed by atoms with Crippen LogP contribution < -0.4 is 10.9 Å². The van der Waals surface area contributed by atoms with Crippen molar-refractivity contribution >= 4 is 35.2 Å². The quantitative estimate of drug-likeness (QED) is 0.553. The SMILES string of the molecule is CCCCSC(C)C(=O)NNC(=O)c1cc(Cl)ccc1O. The highest BCUT2D eigenvalue weighted by atomic mass is 35.5. The van der Waals surface area contributed by atoms with E-state index in [1.165, 1.54) is 30.0 Å². The van der Waals surface area contributed by atoms with E-state index in [1.807, 2.05) is 0 Å². The number of hydrazine groups is 1. The van der Waals surface area contributed by atoms with Gasteiger partial charge < -0.3 is 5.11 Å². The van der Waals surface area contributed by atoms with Crippen LogP contribution in [0, 0.1) is 0 Å². The highest BCUT2D eigenvalue weighted by Gasteiger charge is 2.16. The lowest BCUT2D eigenvalue weighted by Gasteiger charge is -2.13. The van der Waals surface area contributed by atoms with Gasteiger partial charge in [0, 0.05) is 5.02 Å². The second-order valence-corrected chi connectivity index (χ2v) is 6.36. The van der Waals surface area contributed by atoms with Crippen LogP contribution in [-0.4, -0.2) is 27.9 Å². The second kappa shape index (κ2) is 8.79. The summed E-state index contributed by atoms with van der Waals surface area (Å²) in [6.45, 7) is 3.86. The van der Waals surface area contributed by atoms with Gasteiger partial charge >= 0.3 is 0 Å². The Kier molecular flexibility index (Phi) is 7.39. The van der Waals surface area contributed by atoms with Crippen LogP contribution in [0.1, 0.15) is 37.0 Å². The standard InChI is InChI=1S/C14H19ClN2O3S/c1-3-4-7-21-9(2)13(19)16-17-14(20)11-8-10(15)5-6-12(11)18/h5-6,8-9,18H,3-4,7H2,1-2H3,(H,16,19)(H,17,20). The maximum Gasteiger partial charge on any atom is 0.273 e. The molecule has 7 heteroatoms. The predicted molar refractivity (Wildman–Crippen MR) is 85.6 cm³/mol. The minimum absolute atomic E-state index is 0.00842. The molecule has 0 radical (unpaired) electrons. The molecular weight excluding hydrogens is 312 g/mol. The lowest BCUT2D eigenvalue weighted by atomic mass is 10.2. The number of amides is 2. The number of hydrogen-bond acceptors (Lipinski definition) is 4. The topological polar surface area (TPSA) is 78.4 Å². The van der Waals surface area contributed by atoms with Crippen molar-refractivity contribution in [2.24, 2.45) is 0 Å². The number of benzene rings is 1. The predicted octanol–water partition coefficient (Wildman–Crippen LogP) is 2.73. The van der Waals surface area contributed by atoms with Crippen LogP contribution in [0.15, 0.2) is 18.2 Å². The number of phenolic OH excluding ortho intramolecular Hbond substituents is 1. The summed E-state index contributed by atoms with van der Waals surface area (Å²) in [5.74, 6) is -0.203. The number of unbranched alkanes of at least 4 members (excludes halogenated alkanes) is 1. The van der Waals surface area contributed by atoms with Gasteiger partial charge in [0.25, 0.3) is 11.8 Å². The molecule has 1 atom stereocenters. The molecule has 0 bridgehead atoms. The van der Waals surface area contributed by atoms with Crippen molar-refractivity contribution in [3.8, 4) is 5.75 Å². The van der Waals surface area contributed by atoms with Gasteiger partial charge in [-0.2, -0.15) is 0 Å². The van der Waals surface area contributed by atoms with E-state index in [0.717, 1.165) is 18.6 Å². The Morgan fingerprint density at radius 1 is 1.38 bits per heavy atom. The summed E-state index contributed by atoms with van der Waals surface area (Å²) in [5.41, 5.74) is 4.62. The zero-order valence-electron chi connectivity index (χ0n) is 12.0. The van der Waals surface area contributed by atoms with Crippen LogP contribution in [0.2, 0.25) is 5.02 Å². The molecule has 0 aliphatic heterocycles. The normalized spacial score (nSPS) is 11.8. The summed E-state index contributed by atoms with van der Waals surface area (Å²) in [4.78, 5) is 23.6. The molecule has 5 nitrogen and oxygen atoms in total. The molecule has 1 aromatic carbocycles. The molecule has 0 fully saturated rings. The summed E-state index contributed by atoms with van der Waals surface area (Å²) >= 11 is 7.29. The van der Waals surface area contributed by atoms with Gasteiger partial charge in [-0.1, -0.05) is 24.9 Å². The molecule has 3 N–H and O–H groups in total. The maximum absolute atomic E-state index is 11.9. The van der Waals surface area contributed by atoms with Gasteiger partial charge in [0.15, 0.2) is 0 Å². The molecule has 1 aromatic rings. The smallest absolute Gasteiger partial charge is 0.273 e. The van der Waals surface area contributed by atoms with Gasteiger partial charge in [0.2, 0.25) is 0 Å². The van der Waals surface area contributed by atoms with Crippen LogP contribution in [0.4, 0.5) is 0 Å². The van der Waals surface area contributed by atoms with Crippen LogP contribution >= 0.6 is 23.4 Å². The molecule has 1 unspecified atom stereocenters. The molecule has 0 aliphatic rings. The molecule has 1 rings (SSSR count). The molecule has 2 amide bonds. The molecule has 0 saturated heterocycles. The third kappa shape index (κ3) is 5.85. The number of thioether (sulfide) groups is 1. The van der Waals surface area contributed by atoms with Crippen LogP contribution in [0.25, 0.3) is 0 Å². The number of nitrogens with one attached hydrogen (secondary N) is 2. The molecule has 21 heavy (non-hydrogen) atoms. The summed E-state index contributed by atoms with van der Waals surface area (Å²) in [7, 11) is 0. The Hall–Kier alpha value is -1.40. The first kappa shape index (κ1) is 17.7. The van der Waals surface area contributed by atoms with Gasteiger partial charge in [0.1, 0.15) is 5.75 Å². The van der Waals surface area contributed by atoms with Crippen molar-refractivity contribution in [2.75, 3.05) is 5.75 Å². The fourth-order valence-corrected chi connectivity index (χ4v) is 2.65. The summed E-state index contributed by atoms with van der Waals surface area (Å²) < 4.78 is 0. The van der Waals surface area contributed by atoms with E-state index in [4.69, 9.17) is 11.6 Å². The Labute approximate surface area is 133 Å². The third-order valence-electron chi connectivity index (χ3n) is 2.74. The van der Waals surface area contributed by atoms with Crippen molar-refractivity contribution < 1.29 is 14.7 Å². The number of carbonyl (C=O) groups excluding carboxylic acids is 2. The summed E-state index contributed by atoms with van der Waals surface area (Å²) in [5, 5.41) is 9.65. The number of aromatic hydroxyl groups is 1. The summed E-state index contributed by atoms with van der Waals surface area (Å²) in [6.07, 6.45) is 2.12. The van der Waals surface area contributed by atoms with Gasteiger partial charge in [-0.25, -0.2) is 0 Å². The minimum Gasteiger partial charge on any atom is -0.507 e. The van der Waals surface area contributed by atoms with E-state index >= 15 is 0 Å². The average Bonchev–Trinajstić information content (AvgIpc) is 2.47. The first-order valence-corrected chi connectivity index (χ1v) is 8.08. The lowest BCUT2D eigenvalue weighted by molar-refractivity contribution is -0.121. The Morgan fingerprint density at radius 3 is 2.76 bits per heavy atom. The monoisotopic (exact) mass is 330 g/mol. The average molecular weight is 331 g/mol. The van der Waals surface area contributed by atoms with Gasteiger partial charge in [-0.15, -0.1) is 11.8 Å². The first-order chi connectivity index (χ1) is 9.95. The van der Waals surface area contributed by atoms with Gasteiger partial charge in [0.05, 0.1) is 10.8 Å². The minimum atomic E-state index is -0.617. The molecule has 0 spiro atoms. The number of halogens is 1. The van der Waals surface area contributed by atoms with Crippen molar-refractivity contribution in [3.05, 3.63) is 28.8 Å². The van der Waals surface area contributed by atoms with Crippen LogP contribution in [-0.2, 0) is 4.79 Å². The zero-order valence-corrected chi connectivity index (χ0v) is 13.6. The lowest BCUT2D eigenvalue weighted by Crippen LogP contribution is -2.45. The zero-order chi connectivity index (χ0) is 15.8. The fourth-order valence-electron chi connectivity index (χ4n) is 1.46. The molecular formula is C14H19ClN2O3S. The van der Waals surface area contributed by atoms with Crippen molar-refractivity contribution in [1.29, 1.82) is 0 Å². The van der Waals surface area contributed by atoms with E-state index in [-0.39, 0.29) is 22.5 Å². The summed E-state index contributed by atoms with van der Waals surface area (Å²) in [6, 6.07) is 4.12. The van der Waals surface area contributed by atoms with E-state index in [0.29, 0.717) is 5.02 Å². The molecule has 0 aromatic heterocycles. The van der Waals surface area contributed by atoms with Crippen molar-refractivity contribution in [2.45, 2.75) is 31.9 Å². The Balaban J connectivity index is 2.48. The molecule has 0 heterocycles. The Morgan fingerprint density at radius 2 is 2.10 bits per heavy atom. The fraction of sp³-hybridized carbons (Fsp3) is 0.429. The molecule has 116 valence electrons. The maximum atomic E-state index is 11.9. The van der Waals surface area contributed by atoms with Crippen molar-refractivity contribution in [1.82, 2.24) is 10.9 Å². The largest absolute Gasteiger partial charge is 0.507 e. The van der Waals surface area contributed by atoms with Gasteiger partial charge in [-0.05, 0) is 37.3 Å². The van der Waals surface area contributed by atoms with E-state index in [2.05, 4.69) is 17.8 Å². The van der Waals surface area contributed by atoms with Crippen molar-refractivity contribution in [3.63, 3.8) is 0 Å². The number of hydrogen-bond donors (Lipinski definition) is 3.